The molecule has 0 radical (unpaired) electrons. The Morgan fingerprint density at radius 1 is 0.805 bits per heavy atom. The molecule has 3 aromatic carbocycles. The zero-order chi connectivity index (χ0) is 28.7. The van der Waals surface area contributed by atoms with Crippen LogP contribution in [0.5, 0.6) is 0 Å². The summed E-state index contributed by atoms with van der Waals surface area (Å²) in [5.41, 5.74) is 4.82. The standard InChI is InChI=1S/C34H40F3N3O/c35-34(36,37)25-39-24-33(30-15-7-5-13-28(30)29-14-6-8-16-31(29)33)19-9-2-10-20-38-23-26-17-21-40(22-18-26)32(41)27-11-3-1-4-12-27/h1,3-8,11-16,26,38-39H,2,9-10,17-25H2. The summed E-state index contributed by atoms with van der Waals surface area (Å²) in [5, 5.41) is 6.36. The summed E-state index contributed by atoms with van der Waals surface area (Å²) in [5.74, 6) is 0.695. The molecule has 1 amide bonds. The molecule has 0 bridgehead atoms. The second-order valence-corrected chi connectivity index (χ2v) is 11.5. The number of carbonyl (C=O) groups is 1. The van der Waals surface area contributed by atoms with E-state index in [0.29, 0.717) is 5.92 Å². The first-order chi connectivity index (χ1) is 19.9. The SMILES string of the molecule is O=C(c1ccccc1)N1CCC(CNCCCCCC2(CNCC(F)(F)F)c3ccccc3-c3ccccc32)CC1. The highest BCUT2D eigenvalue weighted by atomic mass is 19.4. The summed E-state index contributed by atoms with van der Waals surface area (Å²) in [7, 11) is 0. The summed E-state index contributed by atoms with van der Waals surface area (Å²) < 4.78 is 39.1. The molecule has 2 N–H and O–H groups in total. The Hall–Kier alpha value is -3.16. The molecule has 3 aromatic rings. The van der Waals surface area contributed by atoms with Crippen molar-refractivity contribution >= 4 is 5.91 Å². The maximum atomic E-state index is 13.0. The minimum Gasteiger partial charge on any atom is -0.339 e. The number of nitrogens with zero attached hydrogens (tertiary/aromatic N) is 1. The van der Waals surface area contributed by atoms with Crippen LogP contribution < -0.4 is 10.6 Å². The summed E-state index contributed by atoms with van der Waals surface area (Å²) in [6.45, 7) is 2.77. The topological polar surface area (TPSA) is 44.4 Å². The smallest absolute Gasteiger partial charge is 0.339 e. The van der Waals surface area contributed by atoms with Crippen molar-refractivity contribution < 1.29 is 18.0 Å². The molecule has 4 nitrogen and oxygen atoms in total. The van der Waals surface area contributed by atoms with Gasteiger partial charge in [-0.15, -0.1) is 0 Å². The number of hydrogen-bond donors (Lipinski definition) is 2. The number of hydrogen-bond acceptors (Lipinski definition) is 3. The molecule has 0 saturated carbocycles. The highest BCUT2D eigenvalue weighted by Gasteiger charge is 2.42. The number of amides is 1. The minimum absolute atomic E-state index is 0.121. The first-order valence-corrected chi connectivity index (χ1v) is 14.9. The predicted molar refractivity (Wildman–Crippen MR) is 158 cm³/mol. The molecule has 1 heterocycles. The van der Waals surface area contributed by atoms with Crippen molar-refractivity contribution in [2.24, 2.45) is 5.92 Å². The quantitative estimate of drug-likeness (QED) is 0.238. The molecular formula is C34H40F3N3O. The van der Waals surface area contributed by atoms with Gasteiger partial charge >= 0.3 is 6.18 Å². The van der Waals surface area contributed by atoms with E-state index in [4.69, 9.17) is 0 Å². The molecule has 41 heavy (non-hydrogen) atoms. The van der Waals surface area contributed by atoms with Gasteiger partial charge in [0.15, 0.2) is 0 Å². The molecule has 0 spiro atoms. The van der Waals surface area contributed by atoms with Crippen LogP contribution >= 0.6 is 0 Å². The lowest BCUT2D eigenvalue weighted by Gasteiger charge is -2.33. The normalized spacial score (nSPS) is 16.4. The Balaban J connectivity index is 1.09. The Morgan fingerprint density at radius 3 is 2.05 bits per heavy atom. The fraction of sp³-hybridized carbons (Fsp3) is 0.441. The average molecular weight is 564 g/mol. The Bertz CT molecular complexity index is 1240. The lowest BCUT2D eigenvalue weighted by atomic mass is 9.74. The second-order valence-electron chi connectivity index (χ2n) is 11.5. The van der Waals surface area contributed by atoms with E-state index in [1.165, 1.54) is 0 Å². The lowest BCUT2D eigenvalue weighted by Crippen LogP contribution is -2.41. The highest BCUT2D eigenvalue weighted by molar-refractivity contribution is 5.94. The van der Waals surface area contributed by atoms with Crippen LogP contribution in [0, 0.1) is 5.92 Å². The number of halogens is 3. The number of alkyl halides is 3. The first-order valence-electron chi connectivity index (χ1n) is 14.9. The largest absolute Gasteiger partial charge is 0.401 e. The predicted octanol–water partition coefficient (Wildman–Crippen LogP) is 6.81. The van der Waals surface area contributed by atoms with Gasteiger partial charge in [0.1, 0.15) is 0 Å². The van der Waals surface area contributed by atoms with Crippen LogP contribution in [0.25, 0.3) is 11.1 Å². The monoisotopic (exact) mass is 563 g/mol. The third-order valence-electron chi connectivity index (χ3n) is 8.74. The van der Waals surface area contributed by atoms with Gasteiger partial charge in [-0.1, -0.05) is 79.6 Å². The molecule has 7 heteroatoms. The number of likely N-dealkylation sites (tertiary alicyclic amines) is 1. The van der Waals surface area contributed by atoms with Crippen molar-refractivity contribution in [3.05, 3.63) is 95.6 Å². The summed E-state index contributed by atoms with van der Waals surface area (Å²) in [6, 6.07) is 25.8. The van der Waals surface area contributed by atoms with E-state index in [2.05, 4.69) is 34.9 Å². The van der Waals surface area contributed by atoms with Gasteiger partial charge < -0.3 is 15.5 Å². The van der Waals surface area contributed by atoms with Crippen molar-refractivity contribution in [1.29, 1.82) is 0 Å². The summed E-state index contributed by atoms with van der Waals surface area (Å²) >= 11 is 0. The molecule has 1 aliphatic carbocycles. The van der Waals surface area contributed by atoms with Crippen LogP contribution in [-0.4, -0.2) is 56.3 Å². The van der Waals surface area contributed by atoms with Crippen molar-refractivity contribution in [2.75, 3.05) is 39.3 Å². The first kappa shape index (κ1) is 29.3. The molecule has 0 atom stereocenters. The molecule has 2 aliphatic rings. The maximum Gasteiger partial charge on any atom is 0.401 e. The number of unbranched alkanes of at least 4 members (excludes halogenated alkanes) is 2. The van der Waals surface area contributed by atoms with E-state index in [0.717, 1.165) is 92.5 Å². The van der Waals surface area contributed by atoms with Gasteiger partial charge in [0.2, 0.25) is 0 Å². The van der Waals surface area contributed by atoms with E-state index in [1.54, 1.807) is 0 Å². The zero-order valence-electron chi connectivity index (χ0n) is 23.6. The van der Waals surface area contributed by atoms with Gasteiger partial charge in [0.05, 0.1) is 6.54 Å². The van der Waals surface area contributed by atoms with Gasteiger partial charge in [0, 0.05) is 30.6 Å². The van der Waals surface area contributed by atoms with Crippen LogP contribution in [0.1, 0.15) is 60.0 Å². The van der Waals surface area contributed by atoms with Crippen molar-refractivity contribution in [3.63, 3.8) is 0 Å². The molecule has 1 saturated heterocycles. The van der Waals surface area contributed by atoms with Crippen LogP contribution in [0.3, 0.4) is 0 Å². The molecule has 0 aromatic heterocycles. The van der Waals surface area contributed by atoms with E-state index >= 15 is 0 Å². The number of carbonyl (C=O) groups excluding carboxylic acids is 1. The lowest BCUT2D eigenvalue weighted by molar-refractivity contribution is -0.125. The van der Waals surface area contributed by atoms with E-state index in [1.807, 2.05) is 59.5 Å². The Morgan fingerprint density at radius 2 is 1.41 bits per heavy atom. The third kappa shape index (κ3) is 7.02. The van der Waals surface area contributed by atoms with E-state index in [-0.39, 0.29) is 12.5 Å². The van der Waals surface area contributed by atoms with E-state index in [9.17, 15) is 18.0 Å². The fourth-order valence-electron chi connectivity index (χ4n) is 6.64. The number of fused-ring (bicyclic) bond motifs is 3. The molecule has 1 aliphatic heterocycles. The zero-order valence-corrected chi connectivity index (χ0v) is 23.6. The Labute approximate surface area is 241 Å². The van der Waals surface area contributed by atoms with Gasteiger partial charge in [-0.05, 0) is 79.1 Å². The van der Waals surface area contributed by atoms with Gasteiger partial charge in [-0.2, -0.15) is 13.2 Å². The third-order valence-corrected chi connectivity index (χ3v) is 8.74. The molecule has 5 rings (SSSR count). The highest BCUT2D eigenvalue weighted by Crippen LogP contribution is 2.51. The number of benzene rings is 3. The van der Waals surface area contributed by atoms with Gasteiger partial charge in [-0.25, -0.2) is 0 Å². The van der Waals surface area contributed by atoms with Crippen LogP contribution in [0.4, 0.5) is 13.2 Å². The van der Waals surface area contributed by atoms with Gasteiger partial charge in [0.25, 0.3) is 5.91 Å². The molecule has 218 valence electrons. The van der Waals surface area contributed by atoms with Crippen molar-refractivity contribution in [3.8, 4) is 11.1 Å². The van der Waals surface area contributed by atoms with Crippen molar-refractivity contribution in [1.82, 2.24) is 15.5 Å². The molecule has 1 fully saturated rings. The number of rotatable bonds is 12. The molecule has 0 unspecified atom stereocenters. The second kappa shape index (κ2) is 13.2. The molecular weight excluding hydrogens is 523 g/mol. The van der Waals surface area contributed by atoms with Crippen molar-refractivity contribution in [2.45, 2.75) is 50.1 Å². The Kier molecular flexibility index (Phi) is 9.46. The van der Waals surface area contributed by atoms with Crippen LogP contribution in [0.2, 0.25) is 0 Å². The minimum atomic E-state index is -4.24. The maximum absolute atomic E-state index is 13.0. The number of nitrogens with one attached hydrogen (secondary N) is 2. The average Bonchev–Trinajstić information content (AvgIpc) is 3.26. The van der Waals surface area contributed by atoms with E-state index < -0.39 is 18.1 Å². The van der Waals surface area contributed by atoms with Gasteiger partial charge in [-0.3, -0.25) is 4.79 Å². The summed E-state index contributed by atoms with van der Waals surface area (Å²) in [4.78, 5) is 14.6. The van der Waals surface area contributed by atoms with Crippen LogP contribution in [-0.2, 0) is 5.41 Å². The fourth-order valence-corrected chi connectivity index (χ4v) is 6.64. The summed E-state index contributed by atoms with van der Waals surface area (Å²) in [6.07, 6.45) is 1.58. The number of piperidine rings is 1. The van der Waals surface area contributed by atoms with Crippen LogP contribution in [0.15, 0.2) is 78.9 Å².